The molecule has 0 N–H and O–H groups in total. The molecule has 0 aliphatic heterocycles. The van der Waals surface area contributed by atoms with Crippen LogP contribution in [0.15, 0.2) is 19.2 Å². The molecule has 66 valence electrons. The van der Waals surface area contributed by atoms with Crippen LogP contribution in [-0.4, -0.2) is 10.6 Å². The van der Waals surface area contributed by atoms with E-state index in [9.17, 15) is 9.90 Å². The minimum absolute atomic E-state index is 0.259. The average molecular weight is 425 g/mol. The van der Waals surface area contributed by atoms with Crippen LogP contribution in [0.2, 0.25) is 0 Å². The van der Waals surface area contributed by atoms with E-state index in [1.54, 1.807) is 0 Å². The van der Waals surface area contributed by atoms with Crippen LogP contribution < -0.4 is 5.11 Å². The molecule has 0 fully saturated rings. The summed E-state index contributed by atoms with van der Waals surface area (Å²) < 4.78 is 1.46. The Bertz CT molecular complexity index is 305. The normalized spacial score (nSPS) is 25.3. The molecule has 1 rings (SSSR count). The zero-order valence-electron chi connectivity index (χ0n) is 5.41. The first kappa shape index (κ1) is 10.9. The Hall–Kier alpha value is 0.870. The summed E-state index contributed by atoms with van der Waals surface area (Å²) in [6.07, 6.45) is 0. The molecule has 0 aromatic rings. The van der Waals surface area contributed by atoms with Crippen molar-refractivity contribution in [1.29, 1.82) is 0 Å². The van der Waals surface area contributed by atoms with Crippen molar-refractivity contribution < 1.29 is 9.90 Å². The van der Waals surface area contributed by atoms with E-state index in [4.69, 9.17) is 0 Å². The predicted octanol–water partition coefficient (Wildman–Crippen LogP) is 2.30. The standard InChI is InChI=1S/C6H2Br4O2/c7-1-2(8)4(10)6(12)5(11)3(1)9/h3,12H/p-1. The molecule has 0 amide bonds. The monoisotopic (exact) mass is 421 g/mol. The summed E-state index contributed by atoms with van der Waals surface area (Å²) in [5.74, 6) is -0.996. The summed E-state index contributed by atoms with van der Waals surface area (Å²) in [5.41, 5.74) is 0. The van der Waals surface area contributed by atoms with Crippen molar-refractivity contribution in [2.75, 3.05) is 0 Å². The molecule has 1 unspecified atom stereocenters. The largest absolute Gasteiger partial charge is 0.869 e. The molecular formula is C6HBr4O2-. The van der Waals surface area contributed by atoms with Crippen LogP contribution in [0, 0.1) is 0 Å². The Morgan fingerprint density at radius 2 is 1.67 bits per heavy atom. The van der Waals surface area contributed by atoms with Crippen LogP contribution in [0.3, 0.4) is 0 Å². The molecule has 0 aromatic heterocycles. The summed E-state index contributed by atoms with van der Waals surface area (Å²) in [5, 5.41) is 11.1. The number of carbonyl (C=O) groups is 1. The van der Waals surface area contributed by atoms with Gasteiger partial charge in [-0.1, -0.05) is 47.8 Å². The summed E-state index contributed by atoms with van der Waals surface area (Å²) in [4.78, 5) is 10.6. The number of halogens is 4. The maximum atomic E-state index is 11.2. The lowest BCUT2D eigenvalue weighted by molar-refractivity contribution is -0.298. The van der Waals surface area contributed by atoms with Gasteiger partial charge in [-0.25, -0.2) is 0 Å². The second-order valence-corrected chi connectivity index (χ2v) is 5.39. The minimum Gasteiger partial charge on any atom is -0.869 e. The molecule has 6 heteroatoms. The van der Waals surface area contributed by atoms with Crippen LogP contribution in [0.5, 0.6) is 0 Å². The van der Waals surface area contributed by atoms with E-state index in [1.807, 2.05) is 0 Å². The zero-order valence-corrected chi connectivity index (χ0v) is 11.7. The van der Waals surface area contributed by atoms with Crippen molar-refractivity contribution in [3.05, 3.63) is 19.2 Å². The van der Waals surface area contributed by atoms with Gasteiger partial charge >= 0.3 is 0 Å². The van der Waals surface area contributed by atoms with E-state index < -0.39 is 16.4 Å². The second-order valence-electron chi connectivity index (χ2n) is 2.03. The number of rotatable bonds is 0. The third-order valence-electron chi connectivity index (χ3n) is 1.28. The van der Waals surface area contributed by atoms with Gasteiger partial charge in [0.1, 0.15) is 4.83 Å². The highest BCUT2D eigenvalue weighted by atomic mass is 79.9. The number of alkyl halides is 1. The van der Waals surface area contributed by atoms with Gasteiger partial charge in [0.25, 0.3) is 0 Å². The van der Waals surface area contributed by atoms with E-state index in [-0.39, 0.29) is 4.48 Å². The van der Waals surface area contributed by atoms with E-state index in [0.29, 0.717) is 8.96 Å². The number of carbonyl (C=O) groups excluding carboxylic acids is 1. The van der Waals surface area contributed by atoms with Crippen molar-refractivity contribution in [2.24, 2.45) is 0 Å². The third kappa shape index (κ3) is 1.71. The van der Waals surface area contributed by atoms with E-state index in [0.717, 1.165) is 0 Å². The van der Waals surface area contributed by atoms with Gasteiger partial charge in [-0.2, -0.15) is 0 Å². The molecule has 0 bridgehead atoms. The molecule has 12 heavy (non-hydrogen) atoms. The van der Waals surface area contributed by atoms with E-state index in [1.165, 1.54) is 0 Å². The topological polar surface area (TPSA) is 40.1 Å². The van der Waals surface area contributed by atoms with Crippen molar-refractivity contribution in [3.63, 3.8) is 0 Å². The van der Waals surface area contributed by atoms with Gasteiger partial charge < -0.3 is 5.11 Å². The fourth-order valence-corrected chi connectivity index (χ4v) is 2.89. The Kier molecular flexibility index (Phi) is 3.59. The van der Waals surface area contributed by atoms with Crippen LogP contribution in [0.1, 0.15) is 0 Å². The SMILES string of the molecule is O=C1C([O-])=C(Br)C(Br)=C(Br)C1Br. The highest BCUT2D eigenvalue weighted by Crippen LogP contribution is 2.39. The highest BCUT2D eigenvalue weighted by molar-refractivity contribution is 9.17. The number of allylic oxidation sites excluding steroid dienone is 4. The van der Waals surface area contributed by atoms with Crippen molar-refractivity contribution in [3.8, 4) is 0 Å². The molecule has 1 atom stereocenters. The van der Waals surface area contributed by atoms with Crippen LogP contribution in [-0.2, 0) is 4.79 Å². The lowest BCUT2D eigenvalue weighted by Crippen LogP contribution is -2.28. The number of Topliss-reactive ketones (excluding diaryl/α,β-unsaturated/α-hetero) is 1. The summed E-state index contributed by atoms with van der Waals surface area (Å²) in [7, 11) is 0. The zero-order chi connectivity index (χ0) is 9.46. The fraction of sp³-hybridized carbons (Fsp3) is 0.167. The Labute approximate surface area is 103 Å². The van der Waals surface area contributed by atoms with Gasteiger partial charge in [-0.15, -0.1) is 0 Å². The van der Waals surface area contributed by atoms with Gasteiger partial charge in [0, 0.05) is 13.4 Å². The molecule has 0 saturated heterocycles. The first-order chi connectivity index (χ1) is 5.46. The molecule has 1 aliphatic carbocycles. The van der Waals surface area contributed by atoms with Crippen LogP contribution >= 0.6 is 63.7 Å². The molecule has 0 radical (unpaired) electrons. The maximum absolute atomic E-state index is 11.2. The van der Waals surface area contributed by atoms with Gasteiger partial charge in [0.15, 0.2) is 5.78 Å². The smallest absolute Gasteiger partial charge is 0.167 e. The summed E-state index contributed by atoms with van der Waals surface area (Å²) in [6.45, 7) is 0. The van der Waals surface area contributed by atoms with Crippen molar-refractivity contribution >= 4 is 69.5 Å². The molecule has 0 aromatic carbocycles. The average Bonchev–Trinajstić information content (AvgIpc) is 2.08. The van der Waals surface area contributed by atoms with E-state index in [2.05, 4.69) is 63.7 Å². The molecule has 0 heterocycles. The summed E-state index contributed by atoms with van der Waals surface area (Å²) in [6, 6.07) is 0. The van der Waals surface area contributed by atoms with Gasteiger partial charge in [-0.05, 0) is 21.7 Å². The second kappa shape index (κ2) is 3.94. The first-order valence-corrected chi connectivity index (χ1v) is 6.07. The van der Waals surface area contributed by atoms with Crippen molar-refractivity contribution in [1.82, 2.24) is 0 Å². The molecule has 0 saturated carbocycles. The van der Waals surface area contributed by atoms with Gasteiger partial charge in [0.05, 0.1) is 0 Å². The Morgan fingerprint density at radius 3 is 2.17 bits per heavy atom. The van der Waals surface area contributed by atoms with Crippen LogP contribution in [0.4, 0.5) is 0 Å². The van der Waals surface area contributed by atoms with Gasteiger partial charge in [0.2, 0.25) is 0 Å². The van der Waals surface area contributed by atoms with E-state index >= 15 is 0 Å². The Balaban J connectivity index is 3.27. The fourth-order valence-electron chi connectivity index (χ4n) is 0.654. The molecule has 1 aliphatic rings. The van der Waals surface area contributed by atoms with Crippen LogP contribution in [0.25, 0.3) is 0 Å². The Morgan fingerprint density at radius 1 is 1.17 bits per heavy atom. The number of hydrogen-bond donors (Lipinski definition) is 0. The van der Waals surface area contributed by atoms with Gasteiger partial charge in [-0.3, -0.25) is 4.79 Å². The lowest BCUT2D eigenvalue weighted by atomic mass is 10.1. The maximum Gasteiger partial charge on any atom is 0.167 e. The highest BCUT2D eigenvalue weighted by Gasteiger charge is 2.26. The predicted molar refractivity (Wildman–Crippen MR) is 58.6 cm³/mol. The first-order valence-electron chi connectivity index (χ1n) is 2.77. The third-order valence-corrected chi connectivity index (χ3v) is 6.27. The lowest BCUT2D eigenvalue weighted by Gasteiger charge is -2.23. The molecular weight excluding hydrogens is 424 g/mol. The molecule has 0 spiro atoms. The number of ketones is 1. The minimum atomic E-state index is -0.569. The molecule has 2 nitrogen and oxygen atoms in total. The van der Waals surface area contributed by atoms with Crippen molar-refractivity contribution in [2.45, 2.75) is 4.83 Å². The quantitative estimate of drug-likeness (QED) is 0.560. The number of hydrogen-bond acceptors (Lipinski definition) is 2. The summed E-state index contributed by atoms with van der Waals surface area (Å²) >= 11 is 12.5.